The first-order valence-electron chi connectivity index (χ1n) is 14.4. The molecule has 0 fully saturated rings. The van der Waals surface area contributed by atoms with Crippen LogP contribution in [0.4, 0.5) is 4.79 Å². The van der Waals surface area contributed by atoms with Crippen molar-refractivity contribution in [2.45, 2.75) is 124 Å². The van der Waals surface area contributed by atoms with E-state index in [-0.39, 0.29) is 18.8 Å². The monoisotopic (exact) mass is 589 g/mol. The lowest BCUT2D eigenvalue weighted by Gasteiger charge is -2.32. The molecule has 4 N–H and O–H groups in total. The van der Waals surface area contributed by atoms with Gasteiger partial charge >= 0.3 is 6.09 Å². The summed E-state index contributed by atoms with van der Waals surface area (Å²) >= 11 is 0. The fraction of sp³-hybridized carbons (Fsp3) is 0.645. The molecule has 1 rings (SSSR count). The molecule has 0 radical (unpaired) electrons. The van der Waals surface area contributed by atoms with Crippen molar-refractivity contribution in [2.75, 3.05) is 0 Å². The molecular formula is C31H51N5O6. The van der Waals surface area contributed by atoms with Crippen molar-refractivity contribution < 1.29 is 28.7 Å². The third kappa shape index (κ3) is 15.0. The Morgan fingerprint density at radius 2 is 1.36 bits per heavy atom. The van der Waals surface area contributed by atoms with Crippen LogP contribution in [-0.2, 0) is 30.3 Å². The zero-order valence-electron chi connectivity index (χ0n) is 27.1. The van der Waals surface area contributed by atoms with Crippen LogP contribution in [0, 0.1) is 5.92 Å². The number of nitrogens with zero attached hydrogens (tertiary/aromatic N) is 1. The highest BCUT2D eigenvalue weighted by molar-refractivity contribution is 5.94. The van der Waals surface area contributed by atoms with Crippen LogP contribution in [0.3, 0.4) is 0 Å². The van der Waals surface area contributed by atoms with Gasteiger partial charge in [-0.1, -0.05) is 44.2 Å². The Bertz CT molecular complexity index is 1070. The van der Waals surface area contributed by atoms with Gasteiger partial charge in [0.2, 0.25) is 11.8 Å². The summed E-state index contributed by atoms with van der Waals surface area (Å²) in [5, 5.41) is 12.2. The van der Waals surface area contributed by atoms with Crippen LogP contribution in [-0.4, -0.2) is 65.0 Å². The van der Waals surface area contributed by atoms with Gasteiger partial charge in [-0.3, -0.25) is 14.4 Å². The molecule has 0 saturated heterocycles. The third-order valence-electron chi connectivity index (χ3n) is 5.61. The average Bonchev–Trinajstić information content (AvgIpc) is 2.82. The summed E-state index contributed by atoms with van der Waals surface area (Å²) in [4.78, 5) is 52.9. The Hall–Kier alpha value is -3.47. The lowest BCUT2D eigenvalue weighted by molar-refractivity contribution is -0.139. The van der Waals surface area contributed by atoms with Crippen LogP contribution in [0.1, 0.15) is 88.1 Å². The van der Waals surface area contributed by atoms with Crippen LogP contribution < -0.4 is 21.4 Å². The standard InChI is InChI=1S/C31H51N5O6/c1-19(2)17-23(27(38)34-25(21(5)41-30(6,7)8)28(39)36-35-20(3)4)32-26(37)24(18-22-15-13-12-14-16-22)33-29(40)42-31(9,10)11/h12-16,19,21,23-25H,17-18H2,1-11H3,(H,32,37)(H,33,40)(H,34,38)(H,36,39). The van der Waals surface area contributed by atoms with Crippen LogP contribution in [0.2, 0.25) is 0 Å². The number of carbonyl (C=O) groups excluding carboxylic acids is 4. The molecule has 0 saturated carbocycles. The van der Waals surface area contributed by atoms with Crippen LogP contribution in [0.25, 0.3) is 0 Å². The molecule has 0 aromatic heterocycles. The largest absolute Gasteiger partial charge is 0.444 e. The maximum Gasteiger partial charge on any atom is 0.408 e. The lowest BCUT2D eigenvalue weighted by Crippen LogP contribution is -2.60. The van der Waals surface area contributed by atoms with E-state index in [2.05, 4.69) is 26.5 Å². The highest BCUT2D eigenvalue weighted by Gasteiger charge is 2.34. The number of benzene rings is 1. The van der Waals surface area contributed by atoms with Crippen molar-refractivity contribution in [1.82, 2.24) is 21.4 Å². The molecule has 42 heavy (non-hydrogen) atoms. The number of hydrazone groups is 1. The Labute approximate surface area is 250 Å². The maximum absolute atomic E-state index is 13.6. The van der Waals surface area contributed by atoms with Gasteiger partial charge < -0.3 is 25.4 Å². The Kier molecular flexibility index (Phi) is 14.1. The molecule has 11 nitrogen and oxygen atoms in total. The molecule has 1 aromatic rings. The molecule has 1 aromatic carbocycles. The molecule has 4 amide bonds. The van der Waals surface area contributed by atoms with Gasteiger partial charge in [-0.25, -0.2) is 10.2 Å². The van der Waals surface area contributed by atoms with Gasteiger partial charge in [-0.15, -0.1) is 0 Å². The van der Waals surface area contributed by atoms with Crippen LogP contribution in [0.5, 0.6) is 0 Å². The number of nitrogens with one attached hydrogen (secondary N) is 4. The number of rotatable bonds is 13. The van der Waals surface area contributed by atoms with E-state index in [0.717, 1.165) is 5.56 Å². The molecule has 0 aliphatic heterocycles. The Balaban J connectivity index is 3.26. The molecule has 0 aliphatic carbocycles. The van der Waals surface area contributed by atoms with E-state index in [1.54, 1.807) is 41.5 Å². The summed E-state index contributed by atoms with van der Waals surface area (Å²) in [6, 6.07) is 6.11. The number of ether oxygens (including phenoxy) is 2. The Morgan fingerprint density at radius 1 is 0.786 bits per heavy atom. The van der Waals surface area contributed by atoms with E-state index in [1.807, 2.05) is 65.0 Å². The molecule has 236 valence electrons. The number of amides is 4. The van der Waals surface area contributed by atoms with Crippen molar-refractivity contribution in [3.63, 3.8) is 0 Å². The molecule has 11 heteroatoms. The van der Waals surface area contributed by atoms with Crippen molar-refractivity contribution in [3.8, 4) is 0 Å². The minimum absolute atomic E-state index is 0.0234. The van der Waals surface area contributed by atoms with Gasteiger partial charge in [0.25, 0.3) is 5.91 Å². The van der Waals surface area contributed by atoms with E-state index < -0.39 is 59.2 Å². The predicted molar refractivity (Wildman–Crippen MR) is 164 cm³/mol. The predicted octanol–water partition coefficient (Wildman–Crippen LogP) is 3.85. The summed E-state index contributed by atoms with van der Waals surface area (Å²) in [5.41, 5.74) is 2.56. The summed E-state index contributed by atoms with van der Waals surface area (Å²) in [5.74, 6) is -1.65. The number of hydrogen-bond donors (Lipinski definition) is 4. The molecule has 0 spiro atoms. The quantitative estimate of drug-likeness (QED) is 0.203. The second-order valence-corrected chi connectivity index (χ2v) is 13.0. The number of carbonyl (C=O) groups is 4. The number of hydrogen-bond acceptors (Lipinski definition) is 7. The Morgan fingerprint density at radius 3 is 1.86 bits per heavy atom. The normalized spacial score (nSPS) is 14.6. The van der Waals surface area contributed by atoms with Gasteiger partial charge in [0.15, 0.2) is 0 Å². The SMILES string of the molecule is CC(C)=NNC(=O)C(NC(=O)C(CC(C)C)NC(=O)C(Cc1ccccc1)NC(=O)OC(C)(C)C)C(C)OC(C)(C)C. The summed E-state index contributed by atoms with van der Waals surface area (Å²) in [6.07, 6.45) is -0.994. The second kappa shape index (κ2) is 16.2. The smallest absolute Gasteiger partial charge is 0.408 e. The van der Waals surface area contributed by atoms with Gasteiger partial charge in [0.05, 0.1) is 11.7 Å². The van der Waals surface area contributed by atoms with Gasteiger partial charge in [-0.05, 0) is 80.2 Å². The minimum atomic E-state index is -1.09. The molecule has 0 bridgehead atoms. The molecule has 0 heterocycles. The highest BCUT2D eigenvalue weighted by atomic mass is 16.6. The highest BCUT2D eigenvalue weighted by Crippen LogP contribution is 2.15. The fourth-order valence-corrected chi connectivity index (χ4v) is 4.00. The summed E-state index contributed by atoms with van der Waals surface area (Å²) in [6.45, 7) is 19.7. The average molecular weight is 590 g/mol. The molecular weight excluding hydrogens is 538 g/mol. The molecule has 4 atom stereocenters. The fourth-order valence-electron chi connectivity index (χ4n) is 4.00. The van der Waals surface area contributed by atoms with Crippen molar-refractivity contribution >= 4 is 29.5 Å². The first-order chi connectivity index (χ1) is 19.3. The molecule has 4 unspecified atom stereocenters. The van der Waals surface area contributed by atoms with Crippen LogP contribution in [0.15, 0.2) is 35.4 Å². The molecule has 0 aliphatic rings. The van der Waals surface area contributed by atoms with E-state index in [9.17, 15) is 19.2 Å². The van der Waals surface area contributed by atoms with Crippen molar-refractivity contribution in [3.05, 3.63) is 35.9 Å². The van der Waals surface area contributed by atoms with Gasteiger partial charge in [-0.2, -0.15) is 5.10 Å². The minimum Gasteiger partial charge on any atom is -0.444 e. The first-order valence-corrected chi connectivity index (χ1v) is 14.4. The van der Waals surface area contributed by atoms with E-state index in [0.29, 0.717) is 5.71 Å². The third-order valence-corrected chi connectivity index (χ3v) is 5.61. The van der Waals surface area contributed by atoms with Crippen molar-refractivity contribution in [1.29, 1.82) is 0 Å². The van der Waals surface area contributed by atoms with Crippen LogP contribution >= 0.6 is 0 Å². The zero-order valence-corrected chi connectivity index (χ0v) is 27.1. The summed E-state index contributed by atoms with van der Waals surface area (Å²) < 4.78 is 11.4. The lowest BCUT2D eigenvalue weighted by atomic mass is 10.0. The second-order valence-electron chi connectivity index (χ2n) is 13.0. The van der Waals surface area contributed by atoms with E-state index >= 15 is 0 Å². The van der Waals surface area contributed by atoms with Crippen molar-refractivity contribution in [2.24, 2.45) is 11.0 Å². The van der Waals surface area contributed by atoms with E-state index in [4.69, 9.17) is 9.47 Å². The van der Waals surface area contributed by atoms with Gasteiger partial charge in [0.1, 0.15) is 23.7 Å². The maximum atomic E-state index is 13.6. The summed E-state index contributed by atoms with van der Waals surface area (Å²) in [7, 11) is 0. The first kappa shape index (κ1) is 36.6. The topological polar surface area (TPSA) is 147 Å². The zero-order chi connectivity index (χ0) is 32.3. The van der Waals surface area contributed by atoms with Gasteiger partial charge in [0, 0.05) is 12.1 Å². The number of alkyl carbamates (subject to hydrolysis) is 1. The van der Waals surface area contributed by atoms with E-state index in [1.165, 1.54) is 0 Å².